The summed E-state index contributed by atoms with van der Waals surface area (Å²) in [5, 5.41) is 12.6. The second-order valence-electron chi connectivity index (χ2n) is 3.89. The molecule has 1 saturated heterocycles. The van der Waals surface area contributed by atoms with Crippen molar-refractivity contribution >= 4 is 17.6 Å². The van der Waals surface area contributed by atoms with Crippen LogP contribution in [0.15, 0.2) is 29.4 Å². The molecule has 1 N–H and O–H groups in total. The molecule has 1 aliphatic heterocycles. The van der Waals surface area contributed by atoms with Gasteiger partial charge < -0.3 is 10.1 Å². The fraction of sp³-hybridized carbons (Fsp3) is 0.417. The highest BCUT2D eigenvalue weighted by Gasteiger charge is 2.16. The molecule has 16 heavy (non-hydrogen) atoms. The van der Waals surface area contributed by atoms with E-state index in [4.69, 9.17) is 5.21 Å². The van der Waals surface area contributed by atoms with Crippen LogP contribution in [0.1, 0.15) is 11.1 Å². The van der Waals surface area contributed by atoms with Crippen LogP contribution in [0, 0.1) is 6.92 Å². The smallest absolute Gasteiger partial charge is 0.175 e. The number of thioether (sulfide) groups is 1. The van der Waals surface area contributed by atoms with Crippen LogP contribution in [0.25, 0.3) is 0 Å². The molecule has 0 amide bonds. The Labute approximate surface area is 100 Å². The maximum atomic E-state index is 9.14. The molecule has 1 aliphatic rings. The van der Waals surface area contributed by atoms with Gasteiger partial charge in [0, 0.05) is 30.2 Å². The van der Waals surface area contributed by atoms with E-state index >= 15 is 0 Å². The van der Waals surface area contributed by atoms with Gasteiger partial charge in [-0.15, -0.1) is 0 Å². The lowest BCUT2D eigenvalue weighted by atomic mass is 10.1. The highest BCUT2D eigenvalue weighted by Crippen LogP contribution is 2.14. The molecule has 0 saturated carbocycles. The summed E-state index contributed by atoms with van der Waals surface area (Å²) in [5.74, 6) is 2.90. The first-order valence-electron chi connectivity index (χ1n) is 5.43. The van der Waals surface area contributed by atoms with Crippen molar-refractivity contribution in [3.63, 3.8) is 0 Å². The highest BCUT2D eigenvalue weighted by atomic mass is 32.2. The standard InChI is InChI=1S/C12H16N2OS/c1-10-2-4-11(5-3-10)12(13-15)14-6-8-16-9-7-14/h2-5,15H,6-9H2,1H3/b13-12-. The third kappa shape index (κ3) is 2.50. The maximum absolute atomic E-state index is 9.14. The minimum atomic E-state index is 0.695. The van der Waals surface area contributed by atoms with E-state index in [9.17, 15) is 0 Å². The Bertz CT molecular complexity index is 369. The fourth-order valence-corrected chi connectivity index (χ4v) is 2.68. The van der Waals surface area contributed by atoms with Crippen LogP contribution >= 0.6 is 11.8 Å². The molecule has 1 heterocycles. The van der Waals surface area contributed by atoms with Gasteiger partial charge in [-0.25, -0.2) is 0 Å². The zero-order valence-corrected chi connectivity index (χ0v) is 10.2. The van der Waals surface area contributed by atoms with Gasteiger partial charge in [-0.1, -0.05) is 35.0 Å². The van der Waals surface area contributed by atoms with E-state index in [1.807, 2.05) is 36.0 Å². The average Bonchev–Trinajstić information content (AvgIpc) is 2.34. The van der Waals surface area contributed by atoms with E-state index in [0.29, 0.717) is 5.84 Å². The van der Waals surface area contributed by atoms with Crippen molar-refractivity contribution in [2.45, 2.75) is 6.92 Å². The van der Waals surface area contributed by atoms with E-state index in [2.05, 4.69) is 17.0 Å². The molecule has 0 radical (unpaired) electrons. The van der Waals surface area contributed by atoms with Gasteiger partial charge in [-0.05, 0) is 6.92 Å². The molecule has 0 atom stereocenters. The van der Waals surface area contributed by atoms with Gasteiger partial charge in [-0.2, -0.15) is 11.8 Å². The van der Waals surface area contributed by atoms with E-state index in [1.165, 1.54) is 5.56 Å². The fourth-order valence-electron chi connectivity index (χ4n) is 1.78. The normalized spacial score (nSPS) is 17.6. The number of aryl methyl sites for hydroxylation is 1. The summed E-state index contributed by atoms with van der Waals surface area (Å²) in [6, 6.07) is 8.09. The van der Waals surface area contributed by atoms with Crippen molar-refractivity contribution in [1.29, 1.82) is 0 Å². The van der Waals surface area contributed by atoms with Crippen molar-refractivity contribution in [2.24, 2.45) is 5.16 Å². The number of oxime groups is 1. The summed E-state index contributed by atoms with van der Waals surface area (Å²) in [4.78, 5) is 2.14. The molecule has 3 nitrogen and oxygen atoms in total. The van der Waals surface area contributed by atoms with Crippen LogP contribution in [0.3, 0.4) is 0 Å². The predicted molar refractivity (Wildman–Crippen MR) is 68.4 cm³/mol. The Morgan fingerprint density at radius 2 is 1.88 bits per heavy atom. The lowest BCUT2D eigenvalue weighted by Gasteiger charge is -2.28. The molecule has 1 aromatic rings. The van der Waals surface area contributed by atoms with Gasteiger partial charge in [0.2, 0.25) is 0 Å². The third-order valence-corrected chi connectivity index (χ3v) is 3.66. The van der Waals surface area contributed by atoms with E-state index in [-0.39, 0.29) is 0 Å². The van der Waals surface area contributed by atoms with Crippen molar-refractivity contribution in [1.82, 2.24) is 4.90 Å². The molecule has 0 bridgehead atoms. The molecular weight excluding hydrogens is 220 g/mol. The summed E-state index contributed by atoms with van der Waals surface area (Å²) in [6.45, 7) is 3.97. The minimum Gasteiger partial charge on any atom is -0.409 e. The molecule has 0 unspecified atom stereocenters. The van der Waals surface area contributed by atoms with Crippen molar-refractivity contribution in [3.8, 4) is 0 Å². The number of nitrogens with zero attached hydrogens (tertiary/aromatic N) is 2. The van der Waals surface area contributed by atoms with Gasteiger partial charge in [0.15, 0.2) is 5.84 Å². The first kappa shape index (κ1) is 11.3. The summed E-state index contributed by atoms with van der Waals surface area (Å²) >= 11 is 1.95. The number of hydrogen-bond acceptors (Lipinski definition) is 3. The monoisotopic (exact) mass is 236 g/mol. The van der Waals surface area contributed by atoms with Crippen molar-refractivity contribution in [2.75, 3.05) is 24.6 Å². The van der Waals surface area contributed by atoms with Crippen LogP contribution in [-0.2, 0) is 0 Å². The summed E-state index contributed by atoms with van der Waals surface area (Å²) in [5.41, 5.74) is 2.20. The SMILES string of the molecule is Cc1ccc(/C(=N/O)N2CCSCC2)cc1. The highest BCUT2D eigenvalue weighted by molar-refractivity contribution is 7.99. The molecule has 0 aromatic heterocycles. The van der Waals surface area contributed by atoms with Gasteiger partial charge in [-0.3, -0.25) is 0 Å². The van der Waals surface area contributed by atoms with Gasteiger partial charge in [0.1, 0.15) is 0 Å². The molecule has 86 valence electrons. The minimum absolute atomic E-state index is 0.695. The number of amidine groups is 1. The molecular formula is C12H16N2OS. The van der Waals surface area contributed by atoms with Crippen LogP contribution in [0.4, 0.5) is 0 Å². The second-order valence-corrected chi connectivity index (χ2v) is 5.11. The quantitative estimate of drug-likeness (QED) is 0.351. The number of benzene rings is 1. The maximum Gasteiger partial charge on any atom is 0.175 e. The lowest BCUT2D eigenvalue weighted by molar-refractivity contribution is 0.303. The Balaban J connectivity index is 2.18. The second kappa shape index (κ2) is 5.25. The zero-order chi connectivity index (χ0) is 11.4. The average molecular weight is 236 g/mol. The van der Waals surface area contributed by atoms with Gasteiger partial charge >= 0.3 is 0 Å². The van der Waals surface area contributed by atoms with Crippen molar-refractivity contribution < 1.29 is 5.21 Å². The number of hydrogen-bond donors (Lipinski definition) is 1. The summed E-state index contributed by atoms with van der Waals surface area (Å²) < 4.78 is 0. The molecule has 4 heteroatoms. The molecule has 2 rings (SSSR count). The summed E-state index contributed by atoms with van der Waals surface area (Å²) in [6.07, 6.45) is 0. The molecule has 1 aromatic carbocycles. The third-order valence-electron chi connectivity index (χ3n) is 2.72. The number of rotatable bonds is 1. The van der Waals surface area contributed by atoms with Crippen LogP contribution < -0.4 is 0 Å². The van der Waals surface area contributed by atoms with E-state index in [0.717, 1.165) is 30.2 Å². The lowest BCUT2D eigenvalue weighted by Crippen LogP contribution is -2.38. The van der Waals surface area contributed by atoms with Crippen LogP contribution in [0.5, 0.6) is 0 Å². The Morgan fingerprint density at radius 3 is 2.44 bits per heavy atom. The van der Waals surface area contributed by atoms with Gasteiger partial charge in [0.05, 0.1) is 0 Å². The van der Waals surface area contributed by atoms with Crippen LogP contribution in [0.2, 0.25) is 0 Å². The van der Waals surface area contributed by atoms with E-state index < -0.39 is 0 Å². The molecule has 0 spiro atoms. The van der Waals surface area contributed by atoms with Crippen molar-refractivity contribution in [3.05, 3.63) is 35.4 Å². The Kier molecular flexibility index (Phi) is 3.72. The molecule has 1 fully saturated rings. The summed E-state index contributed by atoms with van der Waals surface area (Å²) in [7, 11) is 0. The van der Waals surface area contributed by atoms with E-state index in [1.54, 1.807) is 0 Å². The first-order valence-corrected chi connectivity index (χ1v) is 6.58. The predicted octanol–water partition coefficient (Wildman–Crippen LogP) is 2.18. The Morgan fingerprint density at radius 1 is 1.25 bits per heavy atom. The first-order chi connectivity index (χ1) is 7.81. The van der Waals surface area contributed by atoms with Crippen LogP contribution in [-0.4, -0.2) is 40.5 Å². The molecule has 0 aliphatic carbocycles. The van der Waals surface area contributed by atoms with Gasteiger partial charge in [0.25, 0.3) is 0 Å². The zero-order valence-electron chi connectivity index (χ0n) is 9.39. The Hall–Kier alpha value is -1.16. The topological polar surface area (TPSA) is 35.8 Å². The largest absolute Gasteiger partial charge is 0.409 e.